The number of halogens is 2. The molecule has 12 heteroatoms. The Morgan fingerprint density at radius 1 is 1.38 bits per heavy atom. The number of hydrogen-bond acceptors (Lipinski definition) is 7. The third-order valence-corrected chi connectivity index (χ3v) is 5.16. The maximum Gasteiger partial charge on any atom is 0.349 e. The van der Waals surface area contributed by atoms with Crippen molar-refractivity contribution in [3.05, 3.63) is 34.9 Å². The zero-order valence-corrected chi connectivity index (χ0v) is 16.9. The van der Waals surface area contributed by atoms with Crippen LogP contribution in [0.2, 0.25) is 5.02 Å². The second-order valence-electron chi connectivity index (χ2n) is 6.12. The summed E-state index contributed by atoms with van der Waals surface area (Å²) >= 11 is 6.67. The van der Waals surface area contributed by atoms with Gasteiger partial charge in [-0.3, -0.25) is 14.5 Å². The second-order valence-corrected chi connectivity index (χ2v) is 7.45. The van der Waals surface area contributed by atoms with Gasteiger partial charge in [0.1, 0.15) is 5.82 Å². The quantitative estimate of drug-likeness (QED) is 0.687. The number of anilines is 1. The molecule has 2 heterocycles. The van der Waals surface area contributed by atoms with Crippen molar-refractivity contribution in [2.45, 2.75) is 18.6 Å². The van der Waals surface area contributed by atoms with E-state index in [0.29, 0.717) is 11.4 Å². The Balaban J connectivity index is 1.55. The number of urea groups is 1. The molecule has 152 valence electrons. The van der Waals surface area contributed by atoms with Crippen LogP contribution < -0.4 is 5.32 Å². The van der Waals surface area contributed by atoms with Crippen molar-refractivity contribution in [2.75, 3.05) is 18.1 Å². The molecule has 1 aliphatic heterocycles. The Morgan fingerprint density at radius 2 is 2.14 bits per heavy atom. The molecule has 0 spiro atoms. The number of nitrogens with zero attached hydrogens (tertiary/aromatic N) is 4. The van der Waals surface area contributed by atoms with Crippen LogP contribution >= 0.6 is 23.4 Å². The number of nitrogens with one attached hydrogen (secondary N) is 1. The molecule has 0 fully saturated rings. The van der Waals surface area contributed by atoms with Gasteiger partial charge >= 0.3 is 6.03 Å². The van der Waals surface area contributed by atoms with Crippen molar-refractivity contribution in [3.8, 4) is 0 Å². The lowest BCUT2D eigenvalue weighted by Gasteiger charge is -2.24. The van der Waals surface area contributed by atoms with Gasteiger partial charge in [-0.2, -0.15) is 0 Å². The average Bonchev–Trinajstić information content (AvgIpc) is 3.12. The summed E-state index contributed by atoms with van der Waals surface area (Å²) < 4.78 is 18.6. The fourth-order valence-electron chi connectivity index (χ4n) is 2.50. The summed E-state index contributed by atoms with van der Waals surface area (Å²) in [6.07, 6.45) is 0.0968. The first-order chi connectivity index (χ1) is 13.7. The lowest BCUT2D eigenvalue weighted by Crippen LogP contribution is -2.44. The van der Waals surface area contributed by atoms with E-state index in [9.17, 15) is 18.8 Å². The molecule has 0 aliphatic carbocycles. The van der Waals surface area contributed by atoms with Crippen LogP contribution in [0, 0.1) is 11.7 Å². The predicted octanol–water partition coefficient (Wildman–Crippen LogP) is 2.80. The lowest BCUT2D eigenvalue weighted by atomic mass is 9.97. The SMILES string of the molecule is CC1=NC(=O)N(C)C(=O)C1Cc1nnc(SCC(=O)Nc2ccc(F)c(Cl)c2)o1. The molecule has 1 aliphatic rings. The number of carbonyl (C=O) groups is 3. The van der Waals surface area contributed by atoms with E-state index < -0.39 is 23.7 Å². The van der Waals surface area contributed by atoms with Gasteiger partial charge < -0.3 is 9.73 Å². The molecule has 0 radical (unpaired) electrons. The normalized spacial score (nSPS) is 16.8. The zero-order chi connectivity index (χ0) is 21.1. The van der Waals surface area contributed by atoms with Gasteiger partial charge in [0.2, 0.25) is 17.7 Å². The molecule has 29 heavy (non-hydrogen) atoms. The summed E-state index contributed by atoms with van der Waals surface area (Å²) in [5, 5.41) is 10.3. The number of thioether (sulfide) groups is 1. The first-order valence-electron chi connectivity index (χ1n) is 8.31. The third kappa shape index (κ3) is 4.98. The highest BCUT2D eigenvalue weighted by Crippen LogP contribution is 2.22. The van der Waals surface area contributed by atoms with Crippen LogP contribution in [0.4, 0.5) is 14.9 Å². The highest BCUT2D eigenvalue weighted by atomic mass is 35.5. The first-order valence-corrected chi connectivity index (χ1v) is 9.67. The van der Waals surface area contributed by atoms with Gasteiger partial charge in [-0.1, -0.05) is 23.4 Å². The molecule has 9 nitrogen and oxygen atoms in total. The van der Waals surface area contributed by atoms with Crippen molar-refractivity contribution in [1.29, 1.82) is 0 Å². The van der Waals surface area contributed by atoms with Gasteiger partial charge in [0, 0.05) is 24.9 Å². The molecule has 1 aromatic heterocycles. The summed E-state index contributed by atoms with van der Waals surface area (Å²) in [6.45, 7) is 1.59. The minimum Gasteiger partial charge on any atom is -0.416 e. The van der Waals surface area contributed by atoms with Crippen LogP contribution in [-0.4, -0.2) is 51.5 Å². The number of aliphatic imine (C=N–C) groups is 1. The Hall–Kier alpha value is -2.79. The largest absolute Gasteiger partial charge is 0.416 e. The standard InChI is InChI=1S/C17H15ClFN5O4S/c1-8-10(15(26)24(2)16(27)20-8)6-14-22-23-17(28-14)29-7-13(25)21-9-3-4-12(19)11(18)5-9/h3-5,10H,6-7H2,1-2H3,(H,21,25). The van der Waals surface area contributed by atoms with Gasteiger partial charge in [0.15, 0.2) is 0 Å². The number of imide groups is 1. The molecule has 1 N–H and O–H groups in total. The van der Waals surface area contributed by atoms with Crippen molar-refractivity contribution in [3.63, 3.8) is 0 Å². The van der Waals surface area contributed by atoms with E-state index in [1.54, 1.807) is 6.92 Å². The van der Waals surface area contributed by atoms with Crippen molar-refractivity contribution >= 4 is 52.6 Å². The van der Waals surface area contributed by atoms with Crippen molar-refractivity contribution in [2.24, 2.45) is 10.9 Å². The minimum absolute atomic E-state index is 0.0310. The number of hydrogen-bond donors (Lipinski definition) is 1. The monoisotopic (exact) mass is 439 g/mol. The van der Waals surface area contributed by atoms with Gasteiger partial charge in [0.25, 0.3) is 5.22 Å². The van der Waals surface area contributed by atoms with E-state index in [0.717, 1.165) is 22.7 Å². The molecule has 3 rings (SSSR count). The Bertz CT molecular complexity index is 1010. The molecule has 1 aromatic carbocycles. The van der Waals surface area contributed by atoms with Crippen LogP contribution in [0.3, 0.4) is 0 Å². The van der Waals surface area contributed by atoms with Crippen LogP contribution in [0.15, 0.2) is 32.8 Å². The predicted molar refractivity (Wildman–Crippen MR) is 104 cm³/mol. The summed E-state index contributed by atoms with van der Waals surface area (Å²) in [5.74, 6) is -1.85. The lowest BCUT2D eigenvalue weighted by molar-refractivity contribution is -0.129. The number of rotatable bonds is 6. The van der Waals surface area contributed by atoms with Crippen LogP contribution in [-0.2, 0) is 16.0 Å². The Kier molecular flexibility index (Phi) is 6.28. The van der Waals surface area contributed by atoms with E-state index in [1.165, 1.54) is 19.2 Å². The molecule has 1 atom stereocenters. The first kappa shape index (κ1) is 20.9. The summed E-state index contributed by atoms with van der Waals surface area (Å²) in [5.41, 5.74) is 0.736. The smallest absolute Gasteiger partial charge is 0.349 e. The Morgan fingerprint density at radius 3 is 2.86 bits per heavy atom. The second kappa shape index (κ2) is 8.70. The number of benzene rings is 1. The highest BCUT2D eigenvalue weighted by molar-refractivity contribution is 7.99. The molecular formula is C17H15ClFN5O4S. The minimum atomic E-state index is -0.664. The van der Waals surface area contributed by atoms with Crippen LogP contribution in [0.1, 0.15) is 12.8 Å². The maximum atomic E-state index is 13.1. The van der Waals surface area contributed by atoms with Gasteiger partial charge in [-0.25, -0.2) is 14.2 Å². The van der Waals surface area contributed by atoms with Gasteiger partial charge in [-0.15, -0.1) is 10.2 Å². The molecule has 0 saturated carbocycles. The van der Waals surface area contributed by atoms with E-state index in [4.69, 9.17) is 16.0 Å². The van der Waals surface area contributed by atoms with Crippen LogP contribution in [0.25, 0.3) is 0 Å². The number of amides is 4. The molecule has 0 saturated heterocycles. The fourth-order valence-corrected chi connectivity index (χ4v) is 3.26. The molecule has 1 unspecified atom stereocenters. The van der Waals surface area contributed by atoms with E-state index in [-0.39, 0.29) is 34.2 Å². The van der Waals surface area contributed by atoms with Crippen LogP contribution in [0.5, 0.6) is 0 Å². The topological polar surface area (TPSA) is 118 Å². The molecular weight excluding hydrogens is 425 g/mol. The van der Waals surface area contributed by atoms with Gasteiger partial charge in [0.05, 0.1) is 16.7 Å². The number of carbonyl (C=O) groups excluding carboxylic acids is 3. The third-order valence-electron chi connectivity index (χ3n) is 4.05. The Labute approximate surface area is 173 Å². The number of aromatic nitrogens is 2. The molecule has 0 bridgehead atoms. The molecule has 2 aromatic rings. The summed E-state index contributed by atoms with van der Waals surface area (Å²) in [4.78, 5) is 40.5. The van der Waals surface area contributed by atoms with Crippen molar-refractivity contribution in [1.82, 2.24) is 15.1 Å². The summed E-state index contributed by atoms with van der Waals surface area (Å²) in [6, 6.07) is 3.23. The van der Waals surface area contributed by atoms with E-state index in [1.807, 2.05) is 0 Å². The van der Waals surface area contributed by atoms with E-state index in [2.05, 4.69) is 20.5 Å². The zero-order valence-electron chi connectivity index (χ0n) is 15.3. The van der Waals surface area contributed by atoms with Gasteiger partial charge in [-0.05, 0) is 25.1 Å². The van der Waals surface area contributed by atoms with Crippen molar-refractivity contribution < 1.29 is 23.2 Å². The molecule has 4 amide bonds. The van der Waals surface area contributed by atoms with E-state index >= 15 is 0 Å². The maximum absolute atomic E-state index is 13.1. The highest BCUT2D eigenvalue weighted by Gasteiger charge is 2.34. The average molecular weight is 440 g/mol. The fraction of sp³-hybridized carbons (Fsp3) is 0.294. The summed E-state index contributed by atoms with van der Waals surface area (Å²) in [7, 11) is 1.36.